The summed E-state index contributed by atoms with van der Waals surface area (Å²) < 4.78 is 0. The largest absolute Gasteiger partial charge is 0.337 e. The Labute approximate surface area is 116 Å². The van der Waals surface area contributed by atoms with Crippen molar-refractivity contribution in [2.75, 3.05) is 32.7 Å². The van der Waals surface area contributed by atoms with Crippen molar-refractivity contribution in [1.82, 2.24) is 15.1 Å². The molecule has 1 N–H and O–H groups in total. The molecule has 3 saturated heterocycles. The van der Waals surface area contributed by atoms with Crippen LogP contribution in [0.1, 0.15) is 45.4 Å². The van der Waals surface area contributed by atoms with Crippen LogP contribution in [0.25, 0.3) is 0 Å². The van der Waals surface area contributed by atoms with E-state index in [2.05, 4.69) is 22.0 Å². The average Bonchev–Trinajstić information content (AvgIpc) is 2.90. The second kappa shape index (κ2) is 5.41. The van der Waals surface area contributed by atoms with Crippen LogP contribution in [0.2, 0.25) is 0 Å². The van der Waals surface area contributed by atoms with E-state index in [0.717, 1.165) is 32.6 Å². The van der Waals surface area contributed by atoms with Gasteiger partial charge in [-0.1, -0.05) is 0 Å². The second-order valence-corrected chi connectivity index (χ2v) is 6.68. The summed E-state index contributed by atoms with van der Waals surface area (Å²) in [7, 11) is 0. The minimum absolute atomic E-state index is 0.164. The van der Waals surface area contributed by atoms with Crippen molar-refractivity contribution in [3.63, 3.8) is 0 Å². The molecular formula is C15H27N3O. The third kappa shape index (κ3) is 2.65. The lowest BCUT2D eigenvalue weighted by Crippen LogP contribution is -2.66. The molecule has 0 aliphatic carbocycles. The van der Waals surface area contributed by atoms with E-state index in [4.69, 9.17) is 0 Å². The molecule has 1 amide bonds. The topological polar surface area (TPSA) is 35.6 Å². The van der Waals surface area contributed by atoms with E-state index in [1.54, 1.807) is 0 Å². The minimum Gasteiger partial charge on any atom is -0.337 e. The summed E-state index contributed by atoms with van der Waals surface area (Å²) in [5, 5.41) is 3.67. The molecule has 3 rings (SSSR count). The highest BCUT2D eigenvalue weighted by atomic mass is 16.2. The first-order valence-electron chi connectivity index (χ1n) is 7.96. The predicted molar refractivity (Wildman–Crippen MR) is 76.1 cm³/mol. The Morgan fingerprint density at radius 2 is 2.00 bits per heavy atom. The molecule has 2 atom stereocenters. The van der Waals surface area contributed by atoms with E-state index in [1.807, 2.05) is 0 Å². The summed E-state index contributed by atoms with van der Waals surface area (Å²) in [4.78, 5) is 17.1. The van der Waals surface area contributed by atoms with E-state index >= 15 is 0 Å². The van der Waals surface area contributed by atoms with Gasteiger partial charge in [-0.25, -0.2) is 0 Å². The van der Waals surface area contributed by atoms with Crippen LogP contribution < -0.4 is 5.32 Å². The van der Waals surface area contributed by atoms with Crippen LogP contribution in [-0.2, 0) is 4.79 Å². The maximum atomic E-state index is 12.6. The van der Waals surface area contributed by atoms with E-state index in [0.29, 0.717) is 18.5 Å². The number of nitrogens with zero attached hydrogens (tertiary/aromatic N) is 2. The maximum Gasteiger partial charge on any atom is 0.237 e. The van der Waals surface area contributed by atoms with Gasteiger partial charge in [-0.15, -0.1) is 0 Å². The number of rotatable bonds is 2. The van der Waals surface area contributed by atoms with Crippen LogP contribution in [0.4, 0.5) is 0 Å². The highest BCUT2D eigenvalue weighted by Crippen LogP contribution is 2.33. The number of fused-ring (bicyclic) bond motifs is 1. The number of hydrogen-bond donors (Lipinski definition) is 1. The lowest BCUT2D eigenvalue weighted by molar-refractivity contribution is -0.139. The molecule has 3 fully saturated rings. The third-order valence-corrected chi connectivity index (χ3v) is 5.27. The van der Waals surface area contributed by atoms with Crippen LogP contribution in [0, 0.1) is 0 Å². The fraction of sp³-hybridized carbons (Fsp3) is 0.933. The molecular weight excluding hydrogens is 238 g/mol. The van der Waals surface area contributed by atoms with Gasteiger partial charge in [0.2, 0.25) is 5.91 Å². The normalized spacial score (nSPS) is 36.3. The molecule has 108 valence electrons. The zero-order valence-corrected chi connectivity index (χ0v) is 12.2. The Morgan fingerprint density at radius 3 is 2.79 bits per heavy atom. The van der Waals surface area contributed by atoms with Gasteiger partial charge in [-0.05, 0) is 65.1 Å². The molecule has 4 nitrogen and oxygen atoms in total. The van der Waals surface area contributed by atoms with Gasteiger partial charge in [0.15, 0.2) is 0 Å². The molecule has 0 bridgehead atoms. The van der Waals surface area contributed by atoms with Crippen molar-refractivity contribution in [2.24, 2.45) is 0 Å². The van der Waals surface area contributed by atoms with Crippen molar-refractivity contribution >= 4 is 5.91 Å². The van der Waals surface area contributed by atoms with Gasteiger partial charge in [-0.3, -0.25) is 9.69 Å². The summed E-state index contributed by atoms with van der Waals surface area (Å²) in [5.74, 6) is 0.363. The Kier molecular flexibility index (Phi) is 3.81. The Bertz CT molecular complexity index is 336. The van der Waals surface area contributed by atoms with Crippen LogP contribution in [0.5, 0.6) is 0 Å². The van der Waals surface area contributed by atoms with Gasteiger partial charge in [0.05, 0.1) is 6.54 Å². The Balaban J connectivity index is 1.66. The lowest BCUT2D eigenvalue weighted by Gasteiger charge is -2.51. The summed E-state index contributed by atoms with van der Waals surface area (Å²) in [6.07, 6.45) is 7.26. The molecule has 3 heterocycles. The molecule has 0 aromatic heterocycles. The number of hydrogen-bond acceptors (Lipinski definition) is 3. The summed E-state index contributed by atoms with van der Waals surface area (Å²) in [6, 6.07) is 0.421. The number of carbonyl (C=O) groups is 1. The fourth-order valence-electron chi connectivity index (χ4n) is 4.15. The van der Waals surface area contributed by atoms with Crippen molar-refractivity contribution in [2.45, 2.75) is 57.0 Å². The quantitative estimate of drug-likeness (QED) is 0.815. The average molecular weight is 265 g/mol. The van der Waals surface area contributed by atoms with E-state index in [-0.39, 0.29) is 5.54 Å². The predicted octanol–water partition coefficient (Wildman–Crippen LogP) is 1.22. The first kappa shape index (κ1) is 13.4. The smallest absolute Gasteiger partial charge is 0.237 e. The molecule has 19 heavy (non-hydrogen) atoms. The van der Waals surface area contributed by atoms with Crippen LogP contribution in [0.15, 0.2) is 0 Å². The van der Waals surface area contributed by atoms with Gasteiger partial charge in [-0.2, -0.15) is 0 Å². The van der Waals surface area contributed by atoms with Crippen molar-refractivity contribution in [3.8, 4) is 0 Å². The molecule has 3 aliphatic rings. The van der Waals surface area contributed by atoms with Gasteiger partial charge in [0, 0.05) is 18.1 Å². The standard InChI is InChI=1S/C15H27N3O/c1-15-7-5-11-18(13(15)6-4-8-16-15)14(19)12-17-9-2-3-10-17/h13,16H,2-12H2,1H3/t13-,15+/m1/s1. The monoisotopic (exact) mass is 265 g/mol. The summed E-state index contributed by atoms with van der Waals surface area (Å²) in [6.45, 7) is 7.26. The minimum atomic E-state index is 0.164. The fourth-order valence-corrected chi connectivity index (χ4v) is 4.15. The molecule has 3 aliphatic heterocycles. The maximum absolute atomic E-state index is 12.6. The van der Waals surface area contributed by atoms with Crippen LogP contribution >= 0.6 is 0 Å². The number of piperidine rings is 2. The molecule has 0 saturated carbocycles. The Morgan fingerprint density at radius 1 is 1.21 bits per heavy atom. The van der Waals surface area contributed by atoms with Crippen LogP contribution in [0.3, 0.4) is 0 Å². The number of nitrogens with one attached hydrogen (secondary N) is 1. The molecule has 0 spiro atoms. The van der Waals surface area contributed by atoms with Crippen molar-refractivity contribution < 1.29 is 4.79 Å². The molecule has 4 heteroatoms. The van der Waals surface area contributed by atoms with Crippen LogP contribution in [-0.4, -0.2) is 60.0 Å². The van der Waals surface area contributed by atoms with E-state index < -0.39 is 0 Å². The SMILES string of the molecule is C[C@]12CCCN(C(=O)CN3CCCC3)[C@@H]1CCCN2. The zero-order chi connectivity index (χ0) is 13.3. The van der Waals surface area contributed by atoms with E-state index in [9.17, 15) is 4.79 Å². The number of carbonyl (C=O) groups excluding carboxylic acids is 1. The highest BCUT2D eigenvalue weighted by molar-refractivity contribution is 5.79. The lowest BCUT2D eigenvalue weighted by atomic mass is 9.78. The van der Waals surface area contributed by atoms with Gasteiger partial charge < -0.3 is 10.2 Å². The van der Waals surface area contributed by atoms with Gasteiger partial charge in [0.1, 0.15) is 0 Å². The second-order valence-electron chi connectivity index (χ2n) is 6.68. The summed E-state index contributed by atoms with van der Waals surface area (Å²) in [5.41, 5.74) is 0.164. The first-order valence-corrected chi connectivity index (χ1v) is 7.96. The molecule has 0 unspecified atom stereocenters. The first-order chi connectivity index (χ1) is 9.19. The third-order valence-electron chi connectivity index (χ3n) is 5.27. The molecule has 0 radical (unpaired) electrons. The van der Waals surface area contributed by atoms with Crippen molar-refractivity contribution in [3.05, 3.63) is 0 Å². The zero-order valence-electron chi connectivity index (χ0n) is 12.2. The molecule has 0 aromatic rings. The Hall–Kier alpha value is -0.610. The summed E-state index contributed by atoms with van der Waals surface area (Å²) >= 11 is 0. The highest BCUT2D eigenvalue weighted by Gasteiger charge is 2.44. The van der Waals surface area contributed by atoms with E-state index in [1.165, 1.54) is 32.1 Å². The van der Waals surface area contributed by atoms with Crippen molar-refractivity contribution in [1.29, 1.82) is 0 Å². The number of likely N-dealkylation sites (tertiary alicyclic amines) is 2. The van der Waals surface area contributed by atoms with Gasteiger partial charge in [0.25, 0.3) is 0 Å². The van der Waals surface area contributed by atoms with Gasteiger partial charge >= 0.3 is 0 Å². The number of amides is 1. The molecule has 0 aromatic carbocycles.